The highest BCUT2D eigenvalue weighted by Crippen LogP contribution is 2.66. The molecule has 2 N–H and O–H groups in total. The molecule has 2 unspecified atom stereocenters. The summed E-state index contributed by atoms with van der Waals surface area (Å²) in [5.41, 5.74) is 0.908. The molecule has 0 aliphatic heterocycles. The summed E-state index contributed by atoms with van der Waals surface area (Å²) < 4.78 is 0.524. The molecule has 4 nitrogen and oxygen atoms in total. The molecule has 114 valence electrons. The second kappa shape index (κ2) is 4.12. The summed E-state index contributed by atoms with van der Waals surface area (Å²) in [5.74, 6) is 1.53. The SMILES string of the molecule is CC12CC3CC(C)(C1)CC(Nc1nc[nH]c(=O)c1Br)(C3)C2. The van der Waals surface area contributed by atoms with Gasteiger partial charge in [0.1, 0.15) is 10.3 Å². The molecule has 0 aromatic carbocycles. The van der Waals surface area contributed by atoms with E-state index in [0.717, 1.165) is 5.92 Å². The number of rotatable bonds is 2. The molecular formula is C16H22BrN3O. The molecule has 0 spiro atoms. The Morgan fingerprint density at radius 2 is 1.90 bits per heavy atom. The third-order valence-corrected chi connectivity index (χ3v) is 6.54. The van der Waals surface area contributed by atoms with Crippen molar-refractivity contribution in [1.29, 1.82) is 0 Å². The number of H-pyrrole nitrogens is 1. The molecule has 4 fully saturated rings. The summed E-state index contributed by atoms with van der Waals surface area (Å²) in [6.07, 6.45) is 9.20. The van der Waals surface area contributed by atoms with Gasteiger partial charge in [-0.2, -0.15) is 0 Å². The summed E-state index contributed by atoms with van der Waals surface area (Å²) in [6, 6.07) is 0. The molecule has 4 aliphatic rings. The monoisotopic (exact) mass is 351 g/mol. The number of hydrogen-bond donors (Lipinski definition) is 2. The molecule has 1 heterocycles. The van der Waals surface area contributed by atoms with Gasteiger partial charge in [0.2, 0.25) is 0 Å². The van der Waals surface area contributed by atoms with Gasteiger partial charge in [-0.1, -0.05) is 13.8 Å². The largest absolute Gasteiger partial charge is 0.363 e. The van der Waals surface area contributed by atoms with Crippen LogP contribution in [-0.2, 0) is 0 Å². The van der Waals surface area contributed by atoms with Gasteiger partial charge in [-0.25, -0.2) is 4.98 Å². The van der Waals surface area contributed by atoms with Gasteiger partial charge in [-0.05, 0) is 71.2 Å². The van der Waals surface area contributed by atoms with Gasteiger partial charge in [-0.15, -0.1) is 0 Å². The first kappa shape index (κ1) is 13.8. The van der Waals surface area contributed by atoms with Crippen LogP contribution in [0.5, 0.6) is 0 Å². The van der Waals surface area contributed by atoms with E-state index < -0.39 is 0 Å². The number of nitrogens with zero attached hydrogens (tertiary/aromatic N) is 1. The minimum Gasteiger partial charge on any atom is -0.363 e. The highest BCUT2D eigenvalue weighted by molar-refractivity contribution is 9.10. The van der Waals surface area contributed by atoms with Crippen LogP contribution in [0.3, 0.4) is 0 Å². The maximum absolute atomic E-state index is 11.8. The summed E-state index contributed by atoms with van der Waals surface area (Å²) in [6.45, 7) is 4.90. The van der Waals surface area contributed by atoms with Crippen molar-refractivity contribution in [2.75, 3.05) is 5.32 Å². The van der Waals surface area contributed by atoms with E-state index in [1.807, 2.05) is 0 Å². The van der Waals surface area contributed by atoms with Crippen molar-refractivity contribution in [3.8, 4) is 0 Å². The predicted molar refractivity (Wildman–Crippen MR) is 86.3 cm³/mol. The Morgan fingerprint density at radius 1 is 1.24 bits per heavy atom. The van der Waals surface area contributed by atoms with Crippen molar-refractivity contribution in [3.05, 3.63) is 21.2 Å². The van der Waals surface area contributed by atoms with Gasteiger partial charge in [0.05, 0.1) is 6.33 Å². The van der Waals surface area contributed by atoms with Gasteiger partial charge in [-0.3, -0.25) is 4.79 Å². The van der Waals surface area contributed by atoms with Crippen molar-refractivity contribution >= 4 is 21.7 Å². The normalized spacial score (nSPS) is 44.0. The fourth-order valence-corrected chi connectivity index (χ4v) is 6.62. The third kappa shape index (κ3) is 2.16. The molecule has 5 rings (SSSR count). The smallest absolute Gasteiger partial charge is 0.267 e. The number of aromatic amines is 1. The first-order valence-corrected chi connectivity index (χ1v) is 8.61. The molecule has 21 heavy (non-hydrogen) atoms. The van der Waals surface area contributed by atoms with Crippen LogP contribution < -0.4 is 10.9 Å². The number of halogens is 1. The average molecular weight is 352 g/mol. The van der Waals surface area contributed by atoms with E-state index in [2.05, 4.69) is 45.1 Å². The summed E-state index contributed by atoms with van der Waals surface area (Å²) in [7, 11) is 0. The zero-order valence-corrected chi connectivity index (χ0v) is 14.2. The Morgan fingerprint density at radius 3 is 2.52 bits per heavy atom. The Kier molecular flexibility index (Phi) is 2.71. The third-order valence-electron chi connectivity index (χ3n) is 5.81. The standard InChI is InChI=1S/C16H22BrN3O/c1-14-3-10-4-15(2,6-14)8-16(5-10,7-14)20-12-11(17)13(21)19-9-18-12/h9-10H,3-8H2,1-2H3,(H2,18,19,20,21). The average Bonchev–Trinajstić information content (AvgIpc) is 2.30. The number of anilines is 1. The molecule has 4 saturated carbocycles. The molecular weight excluding hydrogens is 330 g/mol. The van der Waals surface area contributed by atoms with E-state index in [-0.39, 0.29) is 11.1 Å². The Hall–Kier alpha value is -0.840. The van der Waals surface area contributed by atoms with Crippen LogP contribution in [-0.4, -0.2) is 15.5 Å². The van der Waals surface area contributed by atoms with Crippen molar-refractivity contribution in [3.63, 3.8) is 0 Å². The molecule has 0 radical (unpaired) electrons. The van der Waals surface area contributed by atoms with Gasteiger partial charge in [0.25, 0.3) is 5.56 Å². The van der Waals surface area contributed by atoms with E-state index in [0.29, 0.717) is 21.1 Å². The van der Waals surface area contributed by atoms with Crippen LogP contribution in [0.25, 0.3) is 0 Å². The Balaban J connectivity index is 1.71. The molecule has 0 amide bonds. The minimum absolute atomic E-state index is 0.116. The van der Waals surface area contributed by atoms with E-state index in [4.69, 9.17) is 0 Å². The highest BCUT2D eigenvalue weighted by atomic mass is 79.9. The molecule has 2 atom stereocenters. The predicted octanol–water partition coefficient (Wildman–Crippen LogP) is 3.69. The summed E-state index contributed by atoms with van der Waals surface area (Å²) in [5, 5.41) is 3.67. The van der Waals surface area contributed by atoms with Crippen LogP contribution in [0.15, 0.2) is 15.6 Å². The molecule has 5 heteroatoms. The number of nitrogens with one attached hydrogen (secondary N) is 2. The molecule has 1 aromatic rings. The van der Waals surface area contributed by atoms with Crippen molar-refractivity contribution in [2.45, 2.75) is 57.9 Å². The topological polar surface area (TPSA) is 57.8 Å². The number of aromatic nitrogens is 2. The maximum Gasteiger partial charge on any atom is 0.267 e. The Bertz CT molecular complexity index is 637. The molecule has 1 aromatic heterocycles. The van der Waals surface area contributed by atoms with Crippen LogP contribution in [0.1, 0.15) is 52.4 Å². The lowest BCUT2D eigenvalue weighted by molar-refractivity contribution is -0.0974. The van der Waals surface area contributed by atoms with Gasteiger partial charge in [0, 0.05) is 5.54 Å². The second-order valence-corrected chi connectivity index (χ2v) is 9.22. The van der Waals surface area contributed by atoms with Crippen molar-refractivity contribution in [2.24, 2.45) is 16.7 Å². The van der Waals surface area contributed by atoms with E-state index in [1.165, 1.54) is 44.9 Å². The minimum atomic E-state index is -0.116. The zero-order chi connectivity index (χ0) is 14.9. The fourth-order valence-electron chi connectivity index (χ4n) is 6.31. The van der Waals surface area contributed by atoms with Crippen LogP contribution >= 0.6 is 15.9 Å². The lowest BCUT2D eigenvalue weighted by Crippen LogP contribution is -2.61. The van der Waals surface area contributed by atoms with Crippen LogP contribution in [0.4, 0.5) is 5.82 Å². The van der Waals surface area contributed by atoms with Crippen molar-refractivity contribution in [1.82, 2.24) is 9.97 Å². The van der Waals surface area contributed by atoms with E-state index in [1.54, 1.807) is 0 Å². The molecule has 4 bridgehead atoms. The quantitative estimate of drug-likeness (QED) is 0.853. The first-order valence-electron chi connectivity index (χ1n) is 7.82. The lowest BCUT2D eigenvalue weighted by atomic mass is 9.43. The highest BCUT2D eigenvalue weighted by Gasteiger charge is 2.60. The van der Waals surface area contributed by atoms with Gasteiger partial charge in [0.15, 0.2) is 0 Å². The van der Waals surface area contributed by atoms with Crippen LogP contribution in [0.2, 0.25) is 0 Å². The fraction of sp³-hybridized carbons (Fsp3) is 0.750. The Labute approximate surface area is 133 Å². The zero-order valence-electron chi connectivity index (χ0n) is 12.6. The lowest BCUT2D eigenvalue weighted by Gasteiger charge is -2.65. The second-order valence-electron chi connectivity index (χ2n) is 8.43. The number of hydrogen-bond acceptors (Lipinski definition) is 3. The molecule has 4 aliphatic carbocycles. The van der Waals surface area contributed by atoms with E-state index >= 15 is 0 Å². The molecule has 0 saturated heterocycles. The first-order chi connectivity index (χ1) is 9.81. The van der Waals surface area contributed by atoms with E-state index in [9.17, 15) is 4.79 Å². The van der Waals surface area contributed by atoms with Crippen molar-refractivity contribution < 1.29 is 0 Å². The maximum atomic E-state index is 11.8. The summed E-state index contributed by atoms with van der Waals surface area (Å²) in [4.78, 5) is 18.7. The van der Waals surface area contributed by atoms with Crippen LogP contribution in [0, 0.1) is 16.7 Å². The van der Waals surface area contributed by atoms with Gasteiger partial charge < -0.3 is 10.3 Å². The van der Waals surface area contributed by atoms with Gasteiger partial charge >= 0.3 is 0 Å². The summed E-state index contributed by atoms with van der Waals surface area (Å²) >= 11 is 3.38.